The third-order valence-electron chi connectivity index (χ3n) is 4.31. The van der Waals surface area contributed by atoms with Crippen molar-refractivity contribution in [2.45, 2.75) is 50.6 Å². The second kappa shape index (κ2) is 6.93. The SMILES string of the molecule is CCC(C)N(C(C)=O)C1CC(=O)N(c2ccc(S(N)(=O)=O)cc2)C1=O. The van der Waals surface area contributed by atoms with Gasteiger partial charge >= 0.3 is 0 Å². The predicted octanol–water partition coefficient (Wildman–Crippen LogP) is 0.613. The molecule has 0 radical (unpaired) electrons. The van der Waals surface area contributed by atoms with Gasteiger partial charge in [0.15, 0.2) is 0 Å². The van der Waals surface area contributed by atoms with Crippen LogP contribution in [0.1, 0.15) is 33.6 Å². The topological polar surface area (TPSA) is 118 Å². The Kier molecular flexibility index (Phi) is 5.28. The molecule has 2 atom stereocenters. The monoisotopic (exact) mass is 367 g/mol. The van der Waals surface area contributed by atoms with Crippen molar-refractivity contribution in [3.63, 3.8) is 0 Å². The molecule has 2 N–H and O–H groups in total. The van der Waals surface area contributed by atoms with Crippen molar-refractivity contribution in [3.05, 3.63) is 24.3 Å². The number of carbonyl (C=O) groups is 3. The molecule has 0 aliphatic carbocycles. The molecule has 136 valence electrons. The number of imide groups is 1. The first kappa shape index (κ1) is 19.1. The predicted molar refractivity (Wildman–Crippen MR) is 91.0 cm³/mol. The number of anilines is 1. The third-order valence-corrected chi connectivity index (χ3v) is 5.24. The van der Waals surface area contributed by atoms with Crippen molar-refractivity contribution in [2.75, 3.05) is 4.90 Å². The summed E-state index contributed by atoms with van der Waals surface area (Å²) in [6, 6.07) is 4.13. The van der Waals surface area contributed by atoms with E-state index in [1.807, 2.05) is 13.8 Å². The molecule has 25 heavy (non-hydrogen) atoms. The van der Waals surface area contributed by atoms with Crippen LogP contribution in [0.5, 0.6) is 0 Å². The Labute approximate surface area is 146 Å². The van der Waals surface area contributed by atoms with E-state index >= 15 is 0 Å². The Morgan fingerprint density at radius 3 is 2.32 bits per heavy atom. The molecule has 1 aromatic rings. The van der Waals surface area contributed by atoms with Crippen LogP contribution in [0.25, 0.3) is 0 Å². The van der Waals surface area contributed by atoms with Crippen molar-refractivity contribution < 1.29 is 22.8 Å². The van der Waals surface area contributed by atoms with Gasteiger partial charge in [-0.05, 0) is 37.6 Å². The molecule has 1 heterocycles. The van der Waals surface area contributed by atoms with Gasteiger partial charge in [0.1, 0.15) is 6.04 Å². The molecule has 9 heteroatoms. The molecule has 3 amide bonds. The zero-order valence-electron chi connectivity index (χ0n) is 14.3. The summed E-state index contributed by atoms with van der Waals surface area (Å²) in [5.41, 5.74) is 0.248. The first-order chi connectivity index (χ1) is 11.6. The summed E-state index contributed by atoms with van der Waals surface area (Å²) in [6.07, 6.45) is 0.556. The standard InChI is InChI=1S/C16H21N3O5S/c1-4-10(2)18(11(3)20)14-9-15(21)19(16(14)22)12-5-7-13(8-6-12)25(17,23)24/h5-8,10,14H,4,9H2,1-3H3,(H2,17,23,24). The average molecular weight is 367 g/mol. The number of primary sulfonamides is 1. The van der Waals surface area contributed by atoms with Gasteiger partial charge in [-0.1, -0.05) is 6.92 Å². The normalized spacial score (nSPS) is 19.2. The molecule has 2 unspecified atom stereocenters. The summed E-state index contributed by atoms with van der Waals surface area (Å²) >= 11 is 0. The van der Waals surface area contributed by atoms with Crippen LogP contribution in [0, 0.1) is 0 Å². The first-order valence-electron chi connectivity index (χ1n) is 7.86. The van der Waals surface area contributed by atoms with E-state index in [1.54, 1.807) is 0 Å². The molecule has 8 nitrogen and oxygen atoms in total. The lowest BCUT2D eigenvalue weighted by Gasteiger charge is -2.31. The van der Waals surface area contributed by atoms with Crippen molar-refractivity contribution in [1.29, 1.82) is 0 Å². The number of benzene rings is 1. The van der Waals surface area contributed by atoms with Crippen molar-refractivity contribution in [3.8, 4) is 0 Å². The highest BCUT2D eigenvalue weighted by atomic mass is 32.2. The van der Waals surface area contributed by atoms with E-state index in [-0.39, 0.29) is 29.0 Å². The molecular weight excluding hydrogens is 346 g/mol. The van der Waals surface area contributed by atoms with E-state index < -0.39 is 27.9 Å². The van der Waals surface area contributed by atoms with Crippen LogP contribution in [-0.2, 0) is 24.4 Å². The lowest BCUT2D eigenvalue weighted by atomic mass is 10.1. The quantitative estimate of drug-likeness (QED) is 0.765. The number of rotatable bonds is 5. The smallest absolute Gasteiger partial charge is 0.257 e. The van der Waals surface area contributed by atoms with E-state index in [2.05, 4.69) is 0 Å². The number of hydrogen-bond donors (Lipinski definition) is 1. The highest BCUT2D eigenvalue weighted by molar-refractivity contribution is 7.89. The number of carbonyl (C=O) groups excluding carboxylic acids is 3. The van der Waals surface area contributed by atoms with Crippen LogP contribution >= 0.6 is 0 Å². The minimum absolute atomic E-state index is 0.0975. The zero-order chi connectivity index (χ0) is 18.9. The van der Waals surface area contributed by atoms with E-state index in [0.717, 1.165) is 4.90 Å². The minimum atomic E-state index is -3.86. The number of nitrogens with two attached hydrogens (primary N) is 1. The second-order valence-electron chi connectivity index (χ2n) is 6.01. The molecule has 1 fully saturated rings. The van der Waals surface area contributed by atoms with Crippen molar-refractivity contribution in [2.24, 2.45) is 5.14 Å². The summed E-state index contributed by atoms with van der Waals surface area (Å²) in [6.45, 7) is 5.09. The van der Waals surface area contributed by atoms with Gasteiger partial charge in [0.2, 0.25) is 21.8 Å². The summed E-state index contributed by atoms with van der Waals surface area (Å²) in [5.74, 6) is -1.20. The van der Waals surface area contributed by atoms with E-state index in [0.29, 0.717) is 6.42 Å². The van der Waals surface area contributed by atoms with Crippen LogP contribution in [0.2, 0.25) is 0 Å². The van der Waals surface area contributed by atoms with Gasteiger partial charge in [-0.3, -0.25) is 14.4 Å². The Bertz CT molecular complexity index is 804. The summed E-state index contributed by atoms with van der Waals surface area (Å²) in [4.78, 5) is 39.3. The molecule has 1 aromatic carbocycles. The molecule has 1 saturated heterocycles. The van der Waals surface area contributed by atoms with Crippen LogP contribution < -0.4 is 10.0 Å². The summed E-state index contributed by atoms with van der Waals surface area (Å²) in [7, 11) is -3.86. The van der Waals surface area contributed by atoms with Crippen LogP contribution in [-0.4, -0.2) is 43.1 Å². The maximum Gasteiger partial charge on any atom is 0.257 e. The lowest BCUT2D eigenvalue weighted by molar-refractivity contribution is -0.138. The minimum Gasteiger partial charge on any atom is -0.328 e. The molecule has 2 rings (SSSR count). The van der Waals surface area contributed by atoms with Gasteiger partial charge in [0.25, 0.3) is 5.91 Å². The van der Waals surface area contributed by atoms with Crippen molar-refractivity contribution >= 4 is 33.4 Å². The maximum absolute atomic E-state index is 12.7. The molecule has 1 aliphatic rings. The highest BCUT2D eigenvalue weighted by Crippen LogP contribution is 2.28. The Balaban J connectivity index is 2.34. The lowest BCUT2D eigenvalue weighted by Crippen LogP contribution is -2.48. The van der Waals surface area contributed by atoms with Gasteiger partial charge in [-0.2, -0.15) is 0 Å². The van der Waals surface area contributed by atoms with E-state index in [4.69, 9.17) is 5.14 Å². The highest BCUT2D eigenvalue weighted by Gasteiger charge is 2.44. The number of nitrogens with zero attached hydrogens (tertiary/aromatic N) is 2. The number of sulfonamides is 1. The molecule has 0 aromatic heterocycles. The van der Waals surface area contributed by atoms with E-state index in [1.165, 1.54) is 36.1 Å². The summed E-state index contributed by atoms with van der Waals surface area (Å²) in [5, 5.41) is 5.04. The van der Waals surface area contributed by atoms with Gasteiger partial charge in [0.05, 0.1) is 17.0 Å². The average Bonchev–Trinajstić information content (AvgIpc) is 2.81. The second-order valence-corrected chi connectivity index (χ2v) is 7.57. The molecule has 0 bridgehead atoms. The number of hydrogen-bond acceptors (Lipinski definition) is 5. The Morgan fingerprint density at radius 2 is 1.88 bits per heavy atom. The Hall–Kier alpha value is -2.26. The van der Waals surface area contributed by atoms with Crippen LogP contribution in [0.3, 0.4) is 0 Å². The van der Waals surface area contributed by atoms with Gasteiger partial charge < -0.3 is 4.90 Å². The summed E-state index contributed by atoms with van der Waals surface area (Å²) < 4.78 is 22.6. The first-order valence-corrected chi connectivity index (χ1v) is 9.41. The molecular formula is C16H21N3O5S. The van der Waals surface area contributed by atoms with Crippen LogP contribution in [0.15, 0.2) is 29.2 Å². The fraction of sp³-hybridized carbons (Fsp3) is 0.438. The largest absolute Gasteiger partial charge is 0.328 e. The van der Waals surface area contributed by atoms with Gasteiger partial charge in [0, 0.05) is 13.0 Å². The maximum atomic E-state index is 12.7. The Morgan fingerprint density at radius 1 is 1.32 bits per heavy atom. The zero-order valence-corrected chi connectivity index (χ0v) is 15.1. The molecule has 1 aliphatic heterocycles. The van der Waals surface area contributed by atoms with E-state index in [9.17, 15) is 22.8 Å². The molecule has 0 saturated carbocycles. The third kappa shape index (κ3) is 3.72. The van der Waals surface area contributed by atoms with Gasteiger partial charge in [-0.25, -0.2) is 18.5 Å². The van der Waals surface area contributed by atoms with Crippen LogP contribution in [0.4, 0.5) is 5.69 Å². The fourth-order valence-corrected chi connectivity index (χ4v) is 3.44. The molecule has 0 spiro atoms. The number of amides is 3. The van der Waals surface area contributed by atoms with Gasteiger partial charge in [-0.15, -0.1) is 0 Å². The van der Waals surface area contributed by atoms with Crippen molar-refractivity contribution in [1.82, 2.24) is 4.90 Å². The fourth-order valence-electron chi connectivity index (χ4n) is 2.92.